The number of anilines is 1. The van der Waals surface area contributed by atoms with Crippen LogP contribution in [0.2, 0.25) is 0 Å². The van der Waals surface area contributed by atoms with E-state index in [9.17, 15) is 18.0 Å². The molecule has 0 saturated carbocycles. The van der Waals surface area contributed by atoms with Gasteiger partial charge in [0.15, 0.2) is 11.5 Å². The highest BCUT2D eigenvalue weighted by Gasteiger charge is 2.34. The molecule has 2 atom stereocenters. The summed E-state index contributed by atoms with van der Waals surface area (Å²) in [6.07, 6.45) is 1.09. The number of aryl methyl sites for hydroxylation is 2. The molecule has 3 aromatic carbocycles. The van der Waals surface area contributed by atoms with Crippen LogP contribution in [-0.4, -0.2) is 58.0 Å². The number of carbonyl (C=O) groups excluding carboxylic acids is 2. The zero-order chi connectivity index (χ0) is 31.7. The second-order valence-corrected chi connectivity index (χ2v) is 12.5. The summed E-state index contributed by atoms with van der Waals surface area (Å²) in [4.78, 5) is 29.1. The maximum atomic E-state index is 14.3. The quantitative estimate of drug-likeness (QED) is 0.268. The molecule has 0 aliphatic rings. The van der Waals surface area contributed by atoms with Gasteiger partial charge in [-0.1, -0.05) is 50.2 Å². The third-order valence-electron chi connectivity index (χ3n) is 7.30. The van der Waals surface area contributed by atoms with E-state index >= 15 is 0 Å². The van der Waals surface area contributed by atoms with Crippen LogP contribution in [0.25, 0.3) is 0 Å². The van der Waals surface area contributed by atoms with Gasteiger partial charge in [0, 0.05) is 18.7 Å². The molecule has 0 fully saturated rings. The standard InChI is InChI=1S/C33H43N3O6S/c1-8-25(5)34-33(38)29(9-2)35(21-26-13-11-10-12-14-26)32(37)22-36(27-18-23(3)17-24(4)19-27)43(39,40)28-15-16-30(41-6)31(20-28)42-7/h10-20,25,29H,8-9,21-22H2,1-7H3,(H,34,38)/t25-,29+/m1/s1. The highest BCUT2D eigenvalue weighted by atomic mass is 32.2. The second-order valence-electron chi connectivity index (χ2n) is 10.6. The fourth-order valence-electron chi connectivity index (χ4n) is 4.87. The van der Waals surface area contributed by atoms with Crippen LogP contribution in [-0.2, 0) is 26.2 Å². The Kier molecular flexibility index (Phi) is 11.6. The molecule has 3 aromatic rings. The molecule has 0 aliphatic heterocycles. The topological polar surface area (TPSA) is 105 Å². The first-order valence-electron chi connectivity index (χ1n) is 14.4. The molecular formula is C33H43N3O6S. The van der Waals surface area contributed by atoms with E-state index in [1.807, 2.05) is 71.0 Å². The van der Waals surface area contributed by atoms with E-state index in [0.717, 1.165) is 27.4 Å². The van der Waals surface area contributed by atoms with Gasteiger partial charge in [-0.05, 0) is 74.6 Å². The Morgan fingerprint density at radius 1 is 0.860 bits per heavy atom. The van der Waals surface area contributed by atoms with Gasteiger partial charge >= 0.3 is 0 Å². The summed E-state index contributed by atoms with van der Waals surface area (Å²) in [5, 5.41) is 2.99. The first kappa shape index (κ1) is 33.5. The average molecular weight is 610 g/mol. The summed E-state index contributed by atoms with van der Waals surface area (Å²) in [5.41, 5.74) is 2.86. The zero-order valence-corrected chi connectivity index (χ0v) is 26.9. The predicted molar refractivity (Wildman–Crippen MR) is 169 cm³/mol. The Hall–Kier alpha value is -4.05. The minimum Gasteiger partial charge on any atom is -0.493 e. The van der Waals surface area contributed by atoms with Crippen LogP contribution in [0.4, 0.5) is 5.69 Å². The lowest BCUT2D eigenvalue weighted by Gasteiger charge is -2.34. The maximum absolute atomic E-state index is 14.3. The van der Waals surface area contributed by atoms with E-state index in [-0.39, 0.29) is 29.1 Å². The van der Waals surface area contributed by atoms with E-state index in [1.165, 1.54) is 37.3 Å². The van der Waals surface area contributed by atoms with Gasteiger partial charge in [-0.2, -0.15) is 0 Å². The number of nitrogens with one attached hydrogen (secondary N) is 1. The third kappa shape index (κ3) is 8.28. The molecule has 3 rings (SSSR count). The Morgan fingerprint density at radius 3 is 2.05 bits per heavy atom. The lowest BCUT2D eigenvalue weighted by Crippen LogP contribution is -2.53. The SMILES string of the molecule is CC[C@@H](C)NC(=O)[C@H](CC)N(Cc1ccccc1)C(=O)CN(c1cc(C)cc(C)c1)S(=O)(=O)c1ccc(OC)c(OC)c1. The molecule has 0 aliphatic carbocycles. The molecule has 2 amide bonds. The number of nitrogens with zero attached hydrogens (tertiary/aromatic N) is 2. The van der Waals surface area contributed by atoms with Crippen LogP contribution < -0.4 is 19.1 Å². The van der Waals surface area contributed by atoms with Crippen molar-refractivity contribution >= 4 is 27.5 Å². The van der Waals surface area contributed by atoms with Crippen molar-refractivity contribution < 1.29 is 27.5 Å². The van der Waals surface area contributed by atoms with Gasteiger partial charge in [-0.15, -0.1) is 0 Å². The predicted octanol–water partition coefficient (Wildman–Crippen LogP) is 5.24. The van der Waals surface area contributed by atoms with E-state index in [2.05, 4.69) is 5.32 Å². The van der Waals surface area contributed by atoms with Crippen molar-refractivity contribution in [2.75, 3.05) is 25.1 Å². The fraction of sp³-hybridized carbons (Fsp3) is 0.394. The molecule has 10 heteroatoms. The van der Waals surface area contributed by atoms with Crippen molar-refractivity contribution in [3.8, 4) is 11.5 Å². The minimum absolute atomic E-state index is 0.0618. The van der Waals surface area contributed by atoms with Gasteiger partial charge in [0.25, 0.3) is 10.0 Å². The van der Waals surface area contributed by atoms with E-state index < -0.39 is 28.5 Å². The van der Waals surface area contributed by atoms with Gasteiger partial charge in [0.05, 0.1) is 24.8 Å². The van der Waals surface area contributed by atoms with Crippen LogP contribution in [0.1, 0.15) is 50.3 Å². The molecule has 0 saturated heterocycles. The van der Waals surface area contributed by atoms with Gasteiger partial charge in [0.1, 0.15) is 12.6 Å². The van der Waals surface area contributed by atoms with Gasteiger partial charge in [-0.25, -0.2) is 8.42 Å². The van der Waals surface area contributed by atoms with Crippen molar-refractivity contribution in [1.29, 1.82) is 0 Å². The van der Waals surface area contributed by atoms with Gasteiger partial charge in [-0.3, -0.25) is 13.9 Å². The number of carbonyl (C=O) groups is 2. The highest BCUT2D eigenvalue weighted by molar-refractivity contribution is 7.92. The van der Waals surface area contributed by atoms with Crippen molar-refractivity contribution in [1.82, 2.24) is 10.2 Å². The second kappa shape index (κ2) is 14.9. The number of ether oxygens (including phenoxy) is 2. The maximum Gasteiger partial charge on any atom is 0.264 e. The average Bonchev–Trinajstić information content (AvgIpc) is 2.98. The molecule has 232 valence electrons. The van der Waals surface area contributed by atoms with Gasteiger partial charge < -0.3 is 19.7 Å². The summed E-state index contributed by atoms with van der Waals surface area (Å²) < 4.78 is 40.3. The number of methoxy groups -OCH3 is 2. The van der Waals surface area contributed by atoms with E-state index in [0.29, 0.717) is 17.9 Å². The lowest BCUT2D eigenvalue weighted by atomic mass is 10.1. The molecule has 0 radical (unpaired) electrons. The molecule has 0 aromatic heterocycles. The van der Waals surface area contributed by atoms with Crippen LogP contribution in [0.3, 0.4) is 0 Å². The molecular weight excluding hydrogens is 566 g/mol. The Balaban J connectivity index is 2.12. The smallest absolute Gasteiger partial charge is 0.264 e. The number of hydrogen-bond donors (Lipinski definition) is 1. The largest absolute Gasteiger partial charge is 0.493 e. The molecule has 0 heterocycles. The fourth-order valence-corrected chi connectivity index (χ4v) is 6.28. The molecule has 43 heavy (non-hydrogen) atoms. The van der Waals surface area contributed by atoms with Crippen LogP contribution >= 0.6 is 0 Å². The molecule has 9 nitrogen and oxygen atoms in total. The third-order valence-corrected chi connectivity index (χ3v) is 9.07. The first-order chi connectivity index (χ1) is 20.4. The van der Waals surface area contributed by atoms with Crippen molar-refractivity contribution in [3.63, 3.8) is 0 Å². The number of hydrogen-bond acceptors (Lipinski definition) is 6. The number of rotatable bonds is 14. The lowest BCUT2D eigenvalue weighted by molar-refractivity contribution is -0.140. The molecule has 0 bridgehead atoms. The van der Waals surface area contributed by atoms with E-state index in [1.54, 1.807) is 12.1 Å². The van der Waals surface area contributed by atoms with Crippen molar-refractivity contribution in [3.05, 3.63) is 83.4 Å². The summed E-state index contributed by atoms with van der Waals surface area (Å²) in [6.45, 7) is 9.09. The Labute approximate surface area is 255 Å². The summed E-state index contributed by atoms with van der Waals surface area (Å²) in [7, 11) is -1.38. The molecule has 0 unspecified atom stereocenters. The highest BCUT2D eigenvalue weighted by Crippen LogP contribution is 2.33. The van der Waals surface area contributed by atoms with Gasteiger partial charge in [0.2, 0.25) is 11.8 Å². The Bertz CT molecular complexity index is 1490. The number of sulfonamides is 1. The summed E-state index contributed by atoms with van der Waals surface area (Å²) in [5.74, 6) is -0.156. The molecule has 0 spiro atoms. The van der Waals surface area contributed by atoms with Crippen LogP contribution in [0.15, 0.2) is 71.6 Å². The number of benzene rings is 3. The van der Waals surface area contributed by atoms with E-state index in [4.69, 9.17) is 9.47 Å². The van der Waals surface area contributed by atoms with Crippen molar-refractivity contribution in [2.45, 2.75) is 71.0 Å². The first-order valence-corrected chi connectivity index (χ1v) is 15.9. The van der Waals surface area contributed by atoms with Crippen LogP contribution in [0.5, 0.6) is 11.5 Å². The zero-order valence-electron chi connectivity index (χ0n) is 26.1. The normalized spacial score (nSPS) is 12.6. The number of amides is 2. The molecule has 1 N–H and O–H groups in total. The van der Waals surface area contributed by atoms with Crippen LogP contribution in [0, 0.1) is 13.8 Å². The summed E-state index contributed by atoms with van der Waals surface area (Å²) in [6, 6.07) is 18.2. The van der Waals surface area contributed by atoms with Crippen molar-refractivity contribution in [2.24, 2.45) is 0 Å². The minimum atomic E-state index is -4.27. The summed E-state index contributed by atoms with van der Waals surface area (Å²) >= 11 is 0. The Morgan fingerprint density at radius 2 is 1.49 bits per heavy atom. The monoisotopic (exact) mass is 609 g/mol.